The molecule has 2 N–H and O–H groups in total. The molecule has 0 aromatic heterocycles. The lowest BCUT2D eigenvalue weighted by molar-refractivity contribution is 0.385. The second-order valence-electron chi connectivity index (χ2n) is 3.28. The predicted octanol–water partition coefficient (Wildman–Crippen LogP) is 2.23. The number of rotatable bonds is 4. The highest BCUT2D eigenvalue weighted by Crippen LogP contribution is 2.12. The highest BCUT2D eigenvalue weighted by atomic mass is 28.2. The van der Waals surface area contributed by atoms with Crippen molar-refractivity contribution in [2.45, 2.75) is 13.8 Å². The molecule has 14 heavy (non-hydrogen) atoms. The molecule has 0 saturated heterocycles. The summed E-state index contributed by atoms with van der Waals surface area (Å²) in [6, 6.07) is 7.48. The molecule has 0 atom stereocenters. The van der Waals surface area contributed by atoms with Crippen molar-refractivity contribution >= 4 is 15.2 Å². The van der Waals surface area contributed by atoms with Crippen LogP contribution in [0.25, 0.3) is 0 Å². The van der Waals surface area contributed by atoms with Crippen LogP contribution in [0.1, 0.15) is 13.8 Å². The minimum atomic E-state index is 0.720. The standard InChI is InChI=1S/C11H15NOSi/c1-9(2)7-14-8-13-11-5-3-10(12)4-6-11/h3-7H,8,12H2,1-2H3. The number of hydrogen-bond acceptors (Lipinski definition) is 2. The van der Waals surface area contributed by atoms with Crippen molar-refractivity contribution in [3.8, 4) is 5.75 Å². The molecular formula is C11H15NOSi. The average Bonchev–Trinajstić information content (AvgIpc) is 2.15. The van der Waals surface area contributed by atoms with Crippen molar-refractivity contribution in [1.82, 2.24) is 0 Å². The summed E-state index contributed by atoms with van der Waals surface area (Å²) in [5.41, 5.74) is 9.85. The molecule has 2 radical (unpaired) electrons. The molecule has 1 aromatic carbocycles. The largest absolute Gasteiger partial charge is 0.497 e. The van der Waals surface area contributed by atoms with Crippen molar-refractivity contribution < 1.29 is 4.74 Å². The summed E-state index contributed by atoms with van der Waals surface area (Å²) in [5, 5.41) is 0. The van der Waals surface area contributed by atoms with Gasteiger partial charge in [0.25, 0.3) is 0 Å². The molecule has 0 aliphatic rings. The second kappa shape index (κ2) is 5.50. The number of ether oxygens (including phenoxy) is 1. The summed E-state index contributed by atoms with van der Waals surface area (Å²) in [5.74, 6) is 0.883. The molecule has 0 saturated carbocycles. The van der Waals surface area contributed by atoms with Gasteiger partial charge in [-0.1, -0.05) is 11.3 Å². The van der Waals surface area contributed by atoms with Gasteiger partial charge in [0.15, 0.2) is 0 Å². The Hall–Kier alpha value is -1.22. The Morgan fingerprint density at radius 3 is 2.57 bits per heavy atom. The molecular weight excluding hydrogens is 190 g/mol. The van der Waals surface area contributed by atoms with Gasteiger partial charge in [-0.3, -0.25) is 0 Å². The zero-order valence-corrected chi connectivity index (χ0v) is 9.58. The summed E-state index contributed by atoms with van der Waals surface area (Å²) in [7, 11) is 0.720. The summed E-state index contributed by atoms with van der Waals surface area (Å²) >= 11 is 0. The topological polar surface area (TPSA) is 35.2 Å². The SMILES string of the molecule is CC(C)=C[Si]COc1ccc(N)cc1. The number of hydrogen-bond donors (Lipinski definition) is 1. The first-order valence-corrected chi connectivity index (χ1v) is 5.82. The zero-order valence-electron chi connectivity index (χ0n) is 8.58. The molecule has 0 heterocycles. The molecule has 1 rings (SSSR count). The molecule has 0 amide bonds. The van der Waals surface area contributed by atoms with Crippen molar-refractivity contribution in [2.24, 2.45) is 0 Å². The van der Waals surface area contributed by atoms with Gasteiger partial charge in [-0.15, -0.1) is 0 Å². The minimum absolute atomic E-state index is 0.720. The Kier molecular flexibility index (Phi) is 4.26. The molecule has 0 spiro atoms. The van der Waals surface area contributed by atoms with E-state index in [1.54, 1.807) is 0 Å². The lowest BCUT2D eigenvalue weighted by Crippen LogP contribution is -2.04. The Morgan fingerprint density at radius 1 is 1.36 bits per heavy atom. The van der Waals surface area contributed by atoms with Gasteiger partial charge in [0.1, 0.15) is 15.3 Å². The Balaban J connectivity index is 2.32. The van der Waals surface area contributed by atoms with E-state index in [1.165, 1.54) is 5.57 Å². The summed E-state index contributed by atoms with van der Waals surface area (Å²) in [6.45, 7) is 4.19. The first-order valence-electron chi connectivity index (χ1n) is 4.53. The van der Waals surface area contributed by atoms with Gasteiger partial charge < -0.3 is 10.5 Å². The minimum Gasteiger partial charge on any atom is -0.497 e. The maximum atomic E-state index is 5.56. The van der Waals surface area contributed by atoms with Crippen LogP contribution in [0.5, 0.6) is 5.75 Å². The Bertz CT molecular complexity index is 302. The van der Waals surface area contributed by atoms with Crippen molar-refractivity contribution in [3.05, 3.63) is 35.5 Å². The van der Waals surface area contributed by atoms with Gasteiger partial charge in [-0.2, -0.15) is 0 Å². The number of nitrogens with two attached hydrogens (primary N) is 1. The van der Waals surface area contributed by atoms with Crippen LogP contribution < -0.4 is 10.5 Å². The fraction of sp³-hybridized carbons (Fsp3) is 0.273. The van der Waals surface area contributed by atoms with E-state index < -0.39 is 0 Å². The van der Waals surface area contributed by atoms with Crippen molar-refractivity contribution in [2.75, 3.05) is 12.0 Å². The first kappa shape index (κ1) is 10.9. The van der Waals surface area contributed by atoms with Gasteiger partial charge in [-0.25, -0.2) is 0 Å². The zero-order chi connectivity index (χ0) is 10.4. The normalized spacial score (nSPS) is 9.57. The molecule has 0 aliphatic heterocycles. The Morgan fingerprint density at radius 2 is 2.00 bits per heavy atom. The third-order valence-corrected chi connectivity index (χ3v) is 2.69. The van der Waals surface area contributed by atoms with E-state index in [1.807, 2.05) is 24.3 Å². The van der Waals surface area contributed by atoms with Crippen LogP contribution in [-0.4, -0.2) is 15.7 Å². The lowest BCUT2D eigenvalue weighted by Gasteiger charge is -2.03. The fourth-order valence-electron chi connectivity index (χ4n) is 0.935. The van der Waals surface area contributed by atoms with Gasteiger partial charge in [0.05, 0.1) is 6.23 Å². The van der Waals surface area contributed by atoms with Crippen LogP contribution in [0.4, 0.5) is 5.69 Å². The van der Waals surface area contributed by atoms with Crippen LogP contribution in [-0.2, 0) is 0 Å². The van der Waals surface area contributed by atoms with E-state index in [0.717, 1.165) is 27.2 Å². The monoisotopic (exact) mass is 205 g/mol. The van der Waals surface area contributed by atoms with Crippen molar-refractivity contribution in [1.29, 1.82) is 0 Å². The predicted molar refractivity (Wildman–Crippen MR) is 61.5 cm³/mol. The van der Waals surface area contributed by atoms with Gasteiger partial charge >= 0.3 is 0 Å². The molecule has 2 nitrogen and oxygen atoms in total. The summed E-state index contributed by atoms with van der Waals surface area (Å²) in [4.78, 5) is 0. The molecule has 3 heteroatoms. The quantitative estimate of drug-likeness (QED) is 0.465. The molecule has 74 valence electrons. The van der Waals surface area contributed by atoms with Crippen LogP contribution >= 0.6 is 0 Å². The van der Waals surface area contributed by atoms with E-state index in [-0.39, 0.29) is 0 Å². The highest BCUT2D eigenvalue weighted by molar-refractivity contribution is 6.42. The Labute approximate surface area is 87.6 Å². The van der Waals surface area contributed by atoms with Crippen molar-refractivity contribution in [3.63, 3.8) is 0 Å². The first-order chi connectivity index (χ1) is 6.68. The fourth-order valence-corrected chi connectivity index (χ4v) is 1.68. The number of anilines is 1. The lowest BCUT2D eigenvalue weighted by atomic mass is 10.3. The summed E-state index contributed by atoms with van der Waals surface area (Å²) < 4.78 is 5.52. The molecule has 1 aromatic rings. The maximum absolute atomic E-state index is 5.56. The highest BCUT2D eigenvalue weighted by Gasteiger charge is 1.92. The third kappa shape index (κ3) is 4.14. The third-order valence-electron chi connectivity index (χ3n) is 1.59. The van der Waals surface area contributed by atoms with Crippen LogP contribution in [0.15, 0.2) is 35.5 Å². The van der Waals surface area contributed by atoms with E-state index in [9.17, 15) is 0 Å². The van der Waals surface area contributed by atoms with E-state index >= 15 is 0 Å². The van der Waals surface area contributed by atoms with Gasteiger partial charge in [-0.05, 0) is 38.1 Å². The van der Waals surface area contributed by atoms with E-state index in [4.69, 9.17) is 10.5 Å². The van der Waals surface area contributed by atoms with Gasteiger partial charge in [0, 0.05) is 5.69 Å². The molecule has 0 unspecified atom stereocenters. The smallest absolute Gasteiger partial charge is 0.121 e. The number of benzene rings is 1. The number of nitrogen functional groups attached to an aromatic ring is 1. The van der Waals surface area contributed by atoms with E-state index in [0.29, 0.717) is 0 Å². The maximum Gasteiger partial charge on any atom is 0.121 e. The van der Waals surface area contributed by atoms with E-state index in [2.05, 4.69) is 19.5 Å². The van der Waals surface area contributed by atoms with Crippen LogP contribution in [0.3, 0.4) is 0 Å². The summed E-state index contributed by atoms with van der Waals surface area (Å²) in [6.07, 6.45) is 0.745. The van der Waals surface area contributed by atoms with Crippen LogP contribution in [0, 0.1) is 0 Å². The van der Waals surface area contributed by atoms with Crippen LogP contribution in [0.2, 0.25) is 0 Å². The average molecular weight is 205 g/mol. The van der Waals surface area contributed by atoms with Gasteiger partial charge in [0.2, 0.25) is 0 Å². The molecule has 0 aliphatic carbocycles. The molecule has 0 bridgehead atoms. The molecule has 0 fully saturated rings. The number of allylic oxidation sites excluding steroid dienone is 1. The second-order valence-corrected chi connectivity index (χ2v) is 4.27.